The Morgan fingerprint density at radius 1 is 1.12 bits per heavy atom. The molecule has 0 atom stereocenters. The van der Waals surface area contributed by atoms with Crippen LogP contribution in [-0.2, 0) is 11.4 Å². The van der Waals surface area contributed by atoms with Gasteiger partial charge in [-0.2, -0.15) is 10.1 Å². The Labute approximate surface area is 204 Å². The van der Waals surface area contributed by atoms with Crippen LogP contribution in [0.3, 0.4) is 0 Å². The third-order valence-corrected chi connectivity index (χ3v) is 5.75. The first kappa shape index (κ1) is 23.2. The third kappa shape index (κ3) is 4.84. The molecule has 0 spiro atoms. The minimum absolute atomic E-state index is 0.0195. The summed E-state index contributed by atoms with van der Waals surface area (Å²) in [4.78, 5) is 23.4. The van der Waals surface area contributed by atoms with Crippen LogP contribution in [0.4, 0.5) is 11.4 Å². The van der Waals surface area contributed by atoms with Crippen molar-refractivity contribution >= 4 is 45.0 Å². The maximum Gasteiger partial charge on any atom is 0.280 e. The van der Waals surface area contributed by atoms with Crippen LogP contribution >= 0.6 is 15.9 Å². The van der Waals surface area contributed by atoms with Crippen molar-refractivity contribution in [2.45, 2.75) is 13.5 Å². The van der Waals surface area contributed by atoms with Crippen molar-refractivity contribution in [3.63, 3.8) is 0 Å². The third-order valence-electron chi connectivity index (χ3n) is 5.16. The summed E-state index contributed by atoms with van der Waals surface area (Å²) in [6, 6.07) is 19.0. The molecule has 34 heavy (non-hydrogen) atoms. The van der Waals surface area contributed by atoms with Crippen molar-refractivity contribution in [2.24, 2.45) is 5.10 Å². The number of nitrogens with zero attached hydrogens (tertiary/aromatic N) is 3. The van der Waals surface area contributed by atoms with E-state index in [0.29, 0.717) is 32.9 Å². The molecule has 0 fully saturated rings. The Morgan fingerprint density at radius 2 is 1.82 bits per heavy atom. The molecule has 1 amide bonds. The molecular weight excluding hydrogens is 502 g/mol. The van der Waals surface area contributed by atoms with Gasteiger partial charge in [-0.1, -0.05) is 18.2 Å². The molecule has 0 aliphatic carbocycles. The van der Waals surface area contributed by atoms with Crippen LogP contribution in [0.25, 0.3) is 6.08 Å². The number of carbonyl (C=O) groups excluding carboxylic acids is 1. The van der Waals surface area contributed by atoms with E-state index in [-0.39, 0.29) is 18.2 Å². The van der Waals surface area contributed by atoms with Gasteiger partial charge in [0.1, 0.15) is 6.61 Å². The molecule has 1 heterocycles. The summed E-state index contributed by atoms with van der Waals surface area (Å²) in [6.07, 6.45) is 1.76. The lowest BCUT2D eigenvalue weighted by Crippen LogP contribution is -2.21. The molecule has 1 aliphatic rings. The Morgan fingerprint density at radius 3 is 2.47 bits per heavy atom. The molecular formula is C25H20BrN3O5. The first-order valence-corrected chi connectivity index (χ1v) is 11.1. The molecule has 0 radical (unpaired) electrons. The number of amides is 1. The number of ether oxygens (including phenoxy) is 2. The zero-order chi connectivity index (χ0) is 24.2. The number of rotatable bonds is 7. The quantitative estimate of drug-likeness (QED) is 0.224. The van der Waals surface area contributed by atoms with E-state index >= 15 is 0 Å². The van der Waals surface area contributed by atoms with Crippen molar-refractivity contribution in [3.05, 3.63) is 98.0 Å². The minimum atomic E-state index is -0.446. The zero-order valence-electron chi connectivity index (χ0n) is 18.4. The van der Waals surface area contributed by atoms with Gasteiger partial charge in [-0.15, -0.1) is 0 Å². The SMILES string of the molecule is COc1cc(/C=C2/C(=O)N(c3ccccc3)N=C2C)cc(Br)c1OCc1ccc([N+](=O)[O-])cc1. The number of halogens is 1. The molecule has 0 unspecified atom stereocenters. The van der Waals surface area contributed by atoms with Gasteiger partial charge in [0.05, 0.1) is 33.5 Å². The lowest BCUT2D eigenvalue weighted by Gasteiger charge is -2.14. The van der Waals surface area contributed by atoms with Crippen molar-refractivity contribution in [1.82, 2.24) is 0 Å². The molecule has 1 aliphatic heterocycles. The number of benzene rings is 3. The first-order chi connectivity index (χ1) is 16.4. The maximum atomic E-state index is 13.0. The Hall–Kier alpha value is -3.98. The predicted molar refractivity (Wildman–Crippen MR) is 133 cm³/mol. The number of nitro benzene ring substituents is 1. The molecule has 3 aromatic carbocycles. The van der Waals surface area contributed by atoms with E-state index in [0.717, 1.165) is 11.1 Å². The van der Waals surface area contributed by atoms with Crippen molar-refractivity contribution < 1.29 is 19.2 Å². The summed E-state index contributed by atoms with van der Waals surface area (Å²) in [5, 5.41) is 16.6. The number of nitro groups is 1. The van der Waals surface area contributed by atoms with Gasteiger partial charge in [0, 0.05) is 12.1 Å². The van der Waals surface area contributed by atoms with E-state index in [1.54, 1.807) is 31.2 Å². The Balaban J connectivity index is 1.56. The molecule has 9 heteroatoms. The molecule has 4 rings (SSSR count). The highest BCUT2D eigenvalue weighted by atomic mass is 79.9. The minimum Gasteiger partial charge on any atom is -0.493 e. The summed E-state index contributed by atoms with van der Waals surface area (Å²) in [5.41, 5.74) is 3.32. The van der Waals surface area contributed by atoms with E-state index < -0.39 is 4.92 Å². The standard InChI is InChI=1S/C25H20BrN3O5/c1-16-21(25(30)28(27-16)19-6-4-3-5-7-19)12-18-13-22(26)24(23(14-18)33-2)34-15-17-8-10-20(11-9-17)29(31)32/h3-14H,15H2,1-2H3/b21-12+. The summed E-state index contributed by atoms with van der Waals surface area (Å²) in [7, 11) is 1.53. The normalized spacial score (nSPS) is 14.3. The van der Waals surface area contributed by atoms with Crippen molar-refractivity contribution in [2.75, 3.05) is 12.1 Å². The summed E-state index contributed by atoms with van der Waals surface area (Å²) < 4.78 is 12.1. The van der Waals surface area contributed by atoms with Gasteiger partial charge in [-0.05, 0) is 76.5 Å². The molecule has 0 N–H and O–H groups in total. The van der Waals surface area contributed by atoms with Crippen LogP contribution < -0.4 is 14.5 Å². The Kier molecular flexibility index (Phi) is 6.74. The highest BCUT2D eigenvalue weighted by Crippen LogP contribution is 2.38. The van der Waals surface area contributed by atoms with E-state index in [1.807, 2.05) is 36.4 Å². The van der Waals surface area contributed by atoms with E-state index in [9.17, 15) is 14.9 Å². The van der Waals surface area contributed by atoms with E-state index in [1.165, 1.54) is 24.3 Å². The largest absolute Gasteiger partial charge is 0.493 e. The van der Waals surface area contributed by atoms with Crippen LogP contribution in [0, 0.1) is 10.1 Å². The van der Waals surface area contributed by atoms with Crippen LogP contribution in [0.15, 0.2) is 81.9 Å². The fourth-order valence-electron chi connectivity index (χ4n) is 3.43. The van der Waals surface area contributed by atoms with Gasteiger partial charge in [0.15, 0.2) is 11.5 Å². The number of carbonyl (C=O) groups is 1. The average molecular weight is 522 g/mol. The highest BCUT2D eigenvalue weighted by molar-refractivity contribution is 9.10. The molecule has 8 nitrogen and oxygen atoms in total. The first-order valence-electron chi connectivity index (χ1n) is 10.3. The maximum absolute atomic E-state index is 13.0. The van der Waals surface area contributed by atoms with Crippen molar-refractivity contribution in [3.8, 4) is 11.5 Å². The number of non-ortho nitro benzene ring substituents is 1. The monoisotopic (exact) mass is 521 g/mol. The number of hydrogen-bond acceptors (Lipinski definition) is 6. The molecule has 0 saturated heterocycles. The number of methoxy groups -OCH3 is 1. The van der Waals surface area contributed by atoms with Gasteiger partial charge in [-0.3, -0.25) is 14.9 Å². The van der Waals surface area contributed by atoms with Crippen LogP contribution in [-0.4, -0.2) is 23.7 Å². The molecule has 0 bridgehead atoms. The van der Waals surface area contributed by atoms with E-state index in [2.05, 4.69) is 21.0 Å². The summed E-state index contributed by atoms with van der Waals surface area (Å²) in [5.74, 6) is 0.748. The number of para-hydroxylation sites is 1. The second-order valence-corrected chi connectivity index (χ2v) is 8.30. The second kappa shape index (κ2) is 9.88. The summed E-state index contributed by atoms with van der Waals surface area (Å²) >= 11 is 3.52. The fraction of sp³-hybridized carbons (Fsp3) is 0.120. The van der Waals surface area contributed by atoms with Gasteiger partial charge >= 0.3 is 0 Å². The average Bonchev–Trinajstić information content (AvgIpc) is 3.12. The fourth-order valence-corrected chi connectivity index (χ4v) is 4.00. The van der Waals surface area contributed by atoms with Gasteiger partial charge < -0.3 is 9.47 Å². The number of anilines is 1. The van der Waals surface area contributed by atoms with Gasteiger partial charge in [0.25, 0.3) is 11.6 Å². The molecule has 0 aromatic heterocycles. The number of hydrogen-bond donors (Lipinski definition) is 0. The molecule has 0 saturated carbocycles. The van der Waals surface area contributed by atoms with Crippen LogP contribution in [0.2, 0.25) is 0 Å². The second-order valence-electron chi connectivity index (χ2n) is 7.44. The highest BCUT2D eigenvalue weighted by Gasteiger charge is 2.28. The van der Waals surface area contributed by atoms with Gasteiger partial charge in [0.2, 0.25) is 0 Å². The van der Waals surface area contributed by atoms with Crippen molar-refractivity contribution in [1.29, 1.82) is 0 Å². The zero-order valence-corrected chi connectivity index (χ0v) is 20.0. The smallest absolute Gasteiger partial charge is 0.280 e. The lowest BCUT2D eigenvalue weighted by atomic mass is 10.1. The Bertz CT molecular complexity index is 1300. The van der Waals surface area contributed by atoms with Gasteiger partial charge in [-0.25, -0.2) is 0 Å². The summed E-state index contributed by atoms with van der Waals surface area (Å²) in [6.45, 7) is 1.99. The van der Waals surface area contributed by atoms with E-state index in [4.69, 9.17) is 9.47 Å². The topological polar surface area (TPSA) is 94.3 Å². The van der Waals surface area contributed by atoms with Crippen LogP contribution in [0.1, 0.15) is 18.1 Å². The lowest BCUT2D eigenvalue weighted by molar-refractivity contribution is -0.384. The van der Waals surface area contributed by atoms with Crippen LogP contribution in [0.5, 0.6) is 11.5 Å². The molecule has 3 aromatic rings. The molecule has 172 valence electrons. The predicted octanol–water partition coefficient (Wildman–Crippen LogP) is 5.75. The number of hydrazone groups is 1.